The number of carbonyl (C=O) groups is 6. The Bertz CT molecular complexity index is 4800. The van der Waals surface area contributed by atoms with Gasteiger partial charge in [0.25, 0.3) is 5.52 Å². The zero-order valence-electron chi connectivity index (χ0n) is 65.5. The maximum absolute atomic E-state index is 14.5. The second-order valence-electron chi connectivity index (χ2n) is 28.3. The largest absolute Gasteiger partial charge is 0.382 e. The Hall–Kier alpha value is -8.90. The van der Waals surface area contributed by atoms with Gasteiger partial charge in [-0.05, 0) is 193 Å². The van der Waals surface area contributed by atoms with Gasteiger partial charge in [-0.25, -0.2) is 0 Å². The normalized spacial score (nSPS) is 12.9. The van der Waals surface area contributed by atoms with E-state index in [1.54, 1.807) is 122 Å². The average Bonchev–Trinajstić information content (AvgIpc) is 0.753. The number of ketones is 2. The Morgan fingerprint density at radius 2 is 0.704 bits per heavy atom. The summed E-state index contributed by atoms with van der Waals surface area (Å²) in [6.45, 7) is 34.8. The van der Waals surface area contributed by atoms with E-state index in [0.717, 1.165) is 85.4 Å². The number of aryl methyl sites for hydroxylation is 12. The van der Waals surface area contributed by atoms with Crippen LogP contribution in [-0.2, 0) is 23.0 Å². The first kappa shape index (κ1) is 86.3. The van der Waals surface area contributed by atoms with Gasteiger partial charge in [-0.15, -0.1) is 11.8 Å². The minimum atomic E-state index is -4.11. The van der Waals surface area contributed by atoms with Crippen molar-refractivity contribution in [3.63, 3.8) is 0 Å². The lowest BCUT2D eigenvalue weighted by molar-refractivity contribution is -0.00430. The molecule has 1 saturated heterocycles. The minimum absolute atomic E-state index is 0.182. The summed E-state index contributed by atoms with van der Waals surface area (Å²) in [5, 5.41) is 11.3. The predicted octanol–water partition coefficient (Wildman–Crippen LogP) is 19.7. The van der Waals surface area contributed by atoms with Crippen LogP contribution in [-0.4, -0.2) is 94.0 Å². The van der Waals surface area contributed by atoms with E-state index >= 15 is 0 Å². The van der Waals surface area contributed by atoms with Crippen LogP contribution in [0.2, 0.25) is 0 Å². The number of rotatable bonds is 20. The predicted molar refractivity (Wildman–Crippen MR) is 445 cm³/mol. The molecule has 1 N–H and O–H groups in total. The smallest absolute Gasteiger partial charge is 0.300 e. The highest BCUT2D eigenvalue weighted by Crippen LogP contribution is 2.54. The summed E-state index contributed by atoms with van der Waals surface area (Å²) in [4.78, 5) is 81.7. The first-order valence-corrected chi connectivity index (χ1v) is 42.3. The van der Waals surface area contributed by atoms with Crippen LogP contribution < -0.4 is 21.2 Å². The van der Waals surface area contributed by atoms with Gasteiger partial charge in [0, 0.05) is 72.6 Å². The van der Waals surface area contributed by atoms with Gasteiger partial charge in [-0.2, -0.15) is 0 Å². The van der Waals surface area contributed by atoms with Gasteiger partial charge in [0.15, 0.2) is 11.6 Å². The Labute approximate surface area is 643 Å². The molecule has 1 atom stereocenters. The molecule has 10 aromatic rings. The van der Waals surface area contributed by atoms with Crippen molar-refractivity contribution in [1.29, 1.82) is 0 Å². The van der Waals surface area contributed by atoms with Crippen LogP contribution in [0.15, 0.2) is 229 Å². The van der Waals surface area contributed by atoms with Crippen molar-refractivity contribution in [2.75, 3.05) is 39.2 Å². The van der Waals surface area contributed by atoms with Crippen LogP contribution in [0.1, 0.15) is 164 Å². The highest BCUT2D eigenvalue weighted by molar-refractivity contribution is 8.01. The monoisotopic (exact) mass is 1530 g/mol. The zero-order chi connectivity index (χ0) is 79.6. The topological polar surface area (TPSA) is 196 Å². The number of benzene rings is 10. The Morgan fingerprint density at radius 3 is 1.03 bits per heavy atom. The van der Waals surface area contributed by atoms with Crippen molar-refractivity contribution in [1.82, 2.24) is 4.90 Å². The number of carbonyl (C=O) groups excluding carboxylic acids is 6. The van der Waals surface area contributed by atoms with Crippen molar-refractivity contribution < 1.29 is 56.8 Å². The molecule has 1 aliphatic heterocycles. The van der Waals surface area contributed by atoms with Crippen molar-refractivity contribution in [2.24, 2.45) is 0 Å². The summed E-state index contributed by atoms with van der Waals surface area (Å²) >= 11 is 1.69. The molecule has 0 aliphatic carbocycles. The molecule has 1 aliphatic rings. The molecule has 0 saturated carbocycles. The molecule has 0 aromatic heterocycles. The van der Waals surface area contributed by atoms with Gasteiger partial charge in [0.1, 0.15) is 5.60 Å². The van der Waals surface area contributed by atoms with E-state index in [2.05, 4.69) is 4.90 Å². The summed E-state index contributed by atoms with van der Waals surface area (Å²) in [5.41, 5.74) is 10.1. The number of nitrogens with zero attached hydrogens (tertiary/aromatic N) is 1. The fourth-order valence-corrected chi connectivity index (χ4v) is 21.4. The third kappa shape index (κ3) is 20.5. The van der Waals surface area contributed by atoms with Crippen molar-refractivity contribution in [2.45, 2.75) is 134 Å². The summed E-state index contributed by atoms with van der Waals surface area (Å²) in [5.74, 6) is -0.0647. The van der Waals surface area contributed by atoms with Crippen LogP contribution in [0, 0.1) is 83.1 Å². The van der Waals surface area contributed by atoms with E-state index in [4.69, 9.17) is 9.26 Å². The van der Waals surface area contributed by atoms with Crippen LogP contribution in [0.5, 0.6) is 0 Å². The lowest BCUT2D eigenvalue weighted by Crippen LogP contribution is -2.54. The second kappa shape index (κ2) is 38.0. The summed E-state index contributed by atoms with van der Waals surface area (Å²) in [6.07, 6.45) is 2.04. The number of morpholine rings is 1. The van der Waals surface area contributed by atoms with Gasteiger partial charge >= 0.3 is 7.37 Å². The maximum Gasteiger partial charge on any atom is 0.300 e. The van der Waals surface area contributed by atoms with E-state index in [0.29, 0.717) is 56.9 Å². The van der Waals surface area contributed by atoms with E-state index < -0.39 is 49.4 Å². The number of aliphatic hydroxyl groups is 1. The molecule has 13 nitrogen and oxygen atoms in total. The highest BCUT2D eigenvalue weighted by Gasteiger charge is 2.45. The number of hydrogen-bond donors (Lipinski definition) is 1. The third-order valence-corrected chi connectivity index (χ3v) is 27.3. The van der Waals surface area contributed by atoms with E-state index in [9.17, 15) is 47.6 Å². The maximum atomic E-state index is 14.5. The van der Waals surface area contributed by atoms with Crippen molar-refractivity contribution >= 4 is 88.3 Å². The van der Waals surface area contributed by atoms with Gasteiger partial charge in [0.2, 0.25) is 30.9 Å². The molecule has 0 bridgehead atoms. The lowest BCUT2D eigenvalue weighted by Gasteiger charge is -2.39. The number of thioether (sulfide) groups is 1. The molecule has 11 rings (SSSR count). The average molecular weight is 1530 g/mol. The number of hydrogen-bond acceptors (Lipinski definition) is 14. The van der Waals surface area contributed by atoms with Crippen LogP contribution in [0.4, 0.5) is 0 Å². The number of ether oxygens (including phenoxy) is 1. The Morgan fingerprint density at radius 1 is 0.407 bits per heavy atom. The minimum Gasteiger partial charge on any atom is -0.382 e. The van der Waals surface area contributed by atoms with Gasteiger partial charge < -0.3 is 23.5 Å². The van der Waals surface area contributed by atoms with Gasteiger partial charge in [-0.3, -0.25) is 38.2 Å². The molecule has 1 fully saturated rings. The van der Waals surface area contributed by atoms with E-state index in [1.807, 2.05) is 225 Å². The molecule has 108 heavy (non-hydrogen) atoms. The summed E-state index contributed by atoms with van der Waals surface area (Å²) < 4.78 is 52.8. The van der Waals surface area contributed by atoms with Crippen molar-refractivity contribution in [3.05, 3.63) is 325 Å². The van der Waals surface area contributed by atoms with Crippen LogP contribution in [0.3, 0.4) is 0 Å². The first-order valence-electron chi connectivity index (χ1n) is 36.0. The highest BCUT2D eigenvalue weighted by atomic mass is 32.2. The van der Waals surface area contributed by atoms with E-state index in [-0.39, 0.29) is 29.0 Å². The molecule has 564 valence electrons. The molecule has 0 radical (unpaired) electrons. The zero-order valence-corrected chi connectivity index (χ0v) is 69.0. The molecular formula is C91H102NO12P3S. The molecule has 0 spiro atoms. The fraction of sp³-hybridized carbons (Fsp3) is 0.275. The lowest BCUT2D eigenvalue weighted by atomic mass is 9.91. The first-order chi connectivity index (χ1) is 51.0. The molecule has 10 aromatic carbocycles. The van der Waals surface area contributed by atoms with Gasteiger partial charge in [-0.1, -0.05) is 222 Å². The Balaban J connectivity index is 0.000000193. The summed E-state index contributed by atoms with van der Waals surface area (Å²) in [6, 6.07) is 67.4. The third-order valence-electron chi connectivity index (χ3n) is 18.8. The van der Waals surface area contributed by atoms with E-state index in [1.165, 1.54) is 18.7 Å². The fourth-order valence-electron chi connectivity index (χ4n) is 13.7. The quantitative estimate of drug-likeness (QED) is 0.0430. The standard InChI is InChI=1S/C26H27O3P.C22H21O2P.C18H21O3P.C15H21NO2S.C10H12O2/c1-16-12-18(3)23(19(4)13-16)25(27)30(29,22-10-8-7-9-11-22)26(28)24-20(5)14-17(2)15-21(24)6;1-16-14-17(2)21(18(3)15-16)22(23)25(24,19-10-6-4-7-11-19)20-12-8-5-9-13-20;1-5-21-22(20,16-9-7-6-8-10-16)18(19)17-14(3)11-13(2)12-15(17)4;1-15(2,16-8-10-18-11-9-16)14(17)12-4-6-13(19-3)7-5-12;1-10(2,12)9(11)8-6-4-3-5-7-8/h7-15H,1-6H3;4-15H,1-3H3;6-12H,5H2,1-4H3;4-7H,8-11H2,1-3H3;3-7,12H,1-2H3. The summed E-state index contributed by atoms with van der Waals surface area (Å²) in [7, 11) is -11.2. The second-order valence-corrected chi connectivity index (χ2v) is 36.7. The molecule has 1 unspecified atom stereocenters. The van der Waals surface area contributed by atoms with Crippen LogP contribution >= 0.6 is 33.4 Å². The van der Waals surface area contributed by atoms with Crippen LogP contribution in [0.25, 0.3) is 0 Å². The van der Waals surface area contributed by atoms with Crippen molar-refractivity contribution in [3.8, 4) is 0 Å². The molecule has 1 heterocycles. The Kier molecular flexibility index (Phi) is 30.3. The SMILES string of the molecule is CC(C)(O)C(=O)c1ccccc1.CCOP(=O)(C(=O)c1c(C)cc(C)cc1C)c1ccccc1.CSc1ccc(C(=O)C(C)(C)N2CCOCC2)cc1.Cc1cc(C)c(C(=O)P(=O)(C(=O)c2c(C)cc(C)cc2C)c2ccccc2)c(C)c1.Cc1cc(C)c(C(=O)P(=O)(c2ccccc2)c2ccccc2)c(C)c1. The molecular weight excluding hydrogens is 1420 g/mol. The molecule has 17 heteroatoms. The molecule has 0 amide bonds. The number of Topliss-reactive ketones (excluding diaryl/α,β-unsaturated/α-hetero) is 2. The van der Waals surface area contributed by atoms with Gasteiger partial charge in [0.05, 0.1) is 25.4 Å².